The lowest BCUT2D eigenvalue weighted by atomic mass is 10.1. The van der Waals surface area contributed by atoms with Crippen LogP contribution in [0.25, 0.3) is 6.08 Å². The Labute approximate surface area is 94.9 Å². The highest BCUT2D eigenvalue weighted by molar-refractivity contribution is 5.88. The Kier molecular flexibility index (Phi) is 3.86. The van der Waals surface area contributed by atoms with Gasteiger partial charge < -0.3 is 5.32 Å². The van der Waals surface area contributed by atoms with Gasteiger partial charge in [-0.25, -0.2) is 8.78 Å². The average molecular weight is 242 g/mol. The van der Waals surface area contributed by atoms with Gasteiger partial charge in [0.1, 0.15) is 11.6 Å². The van der Waals surface area contributed by atoms with Crippen molar-refractivity contribution in [2.45, 2.75) is 6.92 Å². The predicted molar refractivity (Wildman–Crippen MR) is 56.7 cm³/mol. The molecule has 1 N–H and O–H groups in total. The highest BCUT2D eigenvalue weighted by Crippen LogP contribution is 2.20. The van der Waals surface area contributed by atoms with E-state index in [9.17, 15) is 23.7 Å². The van der Waals surface area contributed by atoms with E-state index in [-0.39, 0.29) is 5.69 Å². The molecule has 0 aliphatic heterocycles. The number of hydrogen-bond acceptors (Lipinski definition) is 3. The molecule has 1 rings (SSSR count). The lowest BCUT2D eigenvalue weighted by Crippen LogP contribution is -2.07. The van der Waals surface area contributed by atoms with Crippen molar-refractivity contribution < 1.29 is 18.5 Å². The summed E-state index contributed by atoms with van der Waals surface area (Å²) < 4.78 is 26.7. The van der Waals surface area contributed by atoms with Crippen molar-refractivity contribution in [2.24, 2.45) is 0 Å². The van der Waals surface area contributed by atoms with Gasteiger partial charge in [-0.15, -0.1) is 0 Å². The Morgan fingerprint density at radius 3 is 2.35 bits per heavy atom. The third-order valence-electron chi connectivity index (χ3n) is 1.76. The van der Waals surface area contributed by atoms with Crippen LogP contribution in [0, 0.1) is 21.7 Å². The van der Waals surface area contributed by atoms with Gasteiger partial charge in [0.2, 0.25) is 12.1 Å². The zero-order valence-electron chi connectivity index (χ0n) is 8.74. The molecule has 0 heterocycles. The Balaban J connectivity index is 3.10. The summed E-state index contributed by atoms with van der Waals surface area (Å²) in [5, 5.41) is 12.2. The van der Waals surface area contributed by atoms with Crippen LogP contribution >= 0.6 is 0 Å². The average Bonchev–Trinajstić information content (AvgIpc) is 2.14. The van der Waals surface area contributed by atoms with Crippen LogP contribution in [0.1, 0.15) is 12.5 Å². The van der Waals surface area contributed by atoms with Gasteiger partial charge in [-0.3, -0.25) is 14.9 Å². The van der Waals surface area contributed by atoms with Gasteiger partial charge in [0.05, 0.1) is 10.5 Å². The number of nitro groups is 1. The SMILES string of the molecule is CC(=O)Nc1cc(F)c(/C=C/[N+](=O)[O-])c(F)c1. The topological polar surface area (TPSA) is 72.2 Å². The molecule has 0 saturated carbocycles. The monoisotopic (exact) mass is 242 g/mol. The van der Waals surface area contributed by atoms with Crippen molar-refractivity contribution in [1.82, 2.24) is 0 Å². The van der Waals surface area contributed by atoms with Gasteiger partial charge in [-0.2, -0.15) is 0 Å². The largest absolute Gasteiger partial charge is 0.326 e. The smallest absolute Gasteiger partial charge is 0.235 e. The second-order valence-corrected chi connectivity index (χ2v) is 3.14. The predicted octanol–water partition coefficient (Wildman–Crippen LogP) is 2.17. The molecule has 5 nitrogen and oxygen atoms in total. The van der Waals surface area contributed by atoms with E-state index in [4.69, 9.17) is 0 Å². The van der Waals surface area contributed by atoms with E-state index in [1.165, 1.54) is 6.92 Å². The molecule has 0 unspecified atom stereocenters. The lowest BCUT2D eigenvalue weighted by molar-refractivity contribution is -0.401. The summed E-state index contributed by atoms with van der Waals surface area (Å²) in [5.74, 6) is -2.46. The molecule has 0 spiro atoms. The molecular weight excluding hydrogens is 234 g/mol. The quantitative estimate of drug-likeness (QED) is 0.652. The van der Waals surface area contributed by atoms with Crippen molar-refractivity contribution in [1.29, 1.82) is 0 Å². The van der Waals surface area contributed by atoms with Crippen LogP contribution in [-0.4, -0.2) is 10.8 Å². The van der Waals surface area contributed by atoms with Gasteiger partial charge in [0, 0.05) is 18.7 Å². The molecule has 0 fully saturated rings. The molecule has 0 aromatic heterocycles. The summed E-state index contributed by atoms with van der Waals surface area (Å²) in [6.07, 6.45) is 1.14. The van der Waals surface area contributed by atoms with E-state index in [1.54, 1.807) is 0 Å². The fourth-order valence-corrected chi connectivity index (χ4v) is 1.15. The molecule has 0 aliphatic carbocycles. The first-order chi connectivity index (χ1) is 7.90. The molecule has 1 amide bonds. The van der Waals surface area contributed by atoms with Crippen LogP contribution in [0.3, 0.4) is 0 Å². The van der Waals surface area contributed by atoms with Crippen LogP contribution in [0.2, 0.25) is 0 Å². The number of hydrogen-bond donors (Lipinski definition) is 1. The number of halogens is 2. The van der Waals surface area contributed by atoms with Gasteiger partial charge in [-0.1, -0.05) is 0 Å². The fourth-order valence-electron chi connectivity index (χ4n) is 1.15. The summed E-state index contributed by atoms with van der Waals surface area (Å²) in [4.78, 5) is 19.9. The Hall–Kier alpha value is -2.31. The maximum absolute atomic E-state index is 13.3. The van der Waals surface area contributed by atoms with Gasteiger partial charge in [0.25, 0.3) is 0 Å². The first-order valence-electron chi connectivity index (χ1n) is 4.48. The number of carbonyl (C=O) groups is 1. The third-order valence-corrected chi connectivity index (χ3v) is 1.76. The molecule has 1 aromatic carbocycles. The number of anilines is 1. The molecule has 0 saturated heterocycles. The molecule has 0 radical (unpaired) electrons. The Morgan fingerprint density at radius 1 is 1.41 bits per heavy atom. The lowest BCUT2D eigenvalue weighted by Gasteiger charge is -2.04. The van der Waals surface area contributed by atoms with E-state index in [1.807, 2.05) is 0 Å². The Bertz CT molecular complexity index is 477. The summed E-state index contributed by atoms with van der Waals surface area (Å²) >= 11 is 0. The minimum absolute atomic E-state index is 0.0502. The van der Waals surface area contributed by atoms with Crippen LogP contribution in [0.4, 0.5) is 14.5 Å². The fraction of sp³-hybridized carbons (Fsp3) is 0.100. The highest BCUT2D eigenvalue weighted by Gasteiger charge is 2.10. The summed E-state index contributed by atoms with van der Waals surface area (Å²) in [6.45, 7) is 1.19. The minimum atomic E-state index is -0.994. The molecule has 0 aliphatic rings. The first kappa shape index (κ1) is 12.8. The third kappa shape index (κ3) is 3.63. The van der Waals surface area contributed by atoms with Gasteiger partial charge in [-0.05, 0) is 12.1 Å². The summed E-state index contributed by atoms with van der Waals surface area (Å²) in [5.41, 5.74) is -0.582. The molecule has 0 bridgehead atoms. The Morgan fingerprint density at radius 2 is 1.94 bits per heavy atom. The first-order valence-corrected chi connectivity index (χ1v) is 4.48. The maximum atomic E-state index is 13.3. The highest BCUT2D eigenvalue weighted by atomic mass is 19.1. The second-order valence-electron chi connectivity index (χ2n) is 3.14. The number of carbonyl (C=O) groups excluding carboxylic acids is 1. The maximum Gasteiger partial charge on any atom is 0.235 e. The molecule has 17 heavy (non-hydrogen) atoms. The zero-order chi connectivity index (χ0) is 13.0. The van der Waals surface area contributed by atoms with E-state index >= 15 is 0 Å². The number of nitrogens with zero attached hydrogens (tertiary/aromatic N) is 1. The number of benzene rings is 1. The van der Waals surface area contributed by atoms with Crippen LogP contribution in [0.5, 0.6) is 0 Å². The molecule has 7 heteroatoms. The van der Waals surface area contributed by atoms with Gasteiger partial charge in [0.15, 0.2) is 0 Å². The number of rotatable bonds is 3. The summed E-state index contributed by atoms with van der Waals surface area (Å²) in [6, 6.07) is 1.76. The van der Waals surface area contributed by atoms with Gasteiger partial charge >= 0.3 is 0 Å². The minimum Gasteiger partial charge on any atom is -0.326 e. The van der Waals surface area contributed by atoms with Crippen molar-refractivity contribution in [3.63, 3.8) is 0 Å². The second kappa shape index (κ2) is 5.15. The molecule has 1 aromatic rings. The van der Waals surface area contributed by atoms with Crippen molar-refractivity contribution in [3.8, 4) is 0 Å². The van der Waals surface area contributed by atoms with E-state index in [2.05, 4.69) is 5.32 Å². The number of amides is 1. The normalized spacial score (nSPS) is 10.5. The van der Waals surface area contributed by atoms with Crippen LogP contribution in [0.15, 0.2) is 18.3 Å². The van der Waals surface area contributed by atoms with Crippen LogP contribution in [-0.2, 0) is 4.79 Å². The molecular formula is C10H8F2N2O3. The zero-order valence-corrected chi connectivity index (χ0v) is 8.74. The standard InChI is InChI=1S/C10H8F2N2O3/c1-6(15)13-7-4-9(11)8(10(12)5-7)2-3-14(16)17/h2-5H,1H3,(H,13,15)/b3-2+. The van der Waals surface area contributed by atoms with Crippen molar-refractivity contribution in [3.05, 3.63) is 45.6 Å². The van der Waals surface area contributed by atoms with E-state index in [0.29, 0.717) is 12.3 Å². The molecule has 0 atom stereocenters. The molecule has 90 valence electrons. The van der Waals surface area contributed by atoms with Crippen molar-refractivity contribution in [2.75, 3.05) is 5.32 Å². The van der Waals surface area contributed by atoms with E-state index < -0.39 is 28.0 Å². The van der Waals surface area contributed by atoms with Crippen molar-refractivity contribution >= 4 is 17.7 Å². The summed E-state index contributed by atoms with van der Waals surface area (Å²) in [7, 11) is 0. The van der Waals surface area contributed by atoms with E-state index in [0.717, 1.165) is 12.1 Å². The number of nitrogens with one attached hydrogen (secondary N) is 1. The van der Waals surface area contributed by atoms with Crippen LogP contribution < -0.4 is 5.32 Å².